The molecule has 0 aromatic heterocycles. The molecule has 2 aromatic rings. The van der Waals surface area contributed by atoms with E-state index in [0.29, 0.717) is 6.54 Å². The highest BCUT2D eigenvalue weighted by molar-refractivity contribution is 6.09. The molecule has 2 aromatic carbocycles. The maximum Gasteiger partial charge on any atom is 0.416 e. The van der Waals surface area contributed by atoms with Crippen molar-refractivity contribution in [2.24, 2.45) is 5.41 Å². The average molecular weight is 378 g/mol. The lowest BCUT2D eigenvalue weighted by Gasteiger charge is -2.28. The van der Waals surface area contributed by atoms with Gasteiger partial charge in [-0.05, 0) is 37.6 Å². The zero-order valence-corrected chi connectivity index (χ0v) is 15.3. The van der Waals surface area contributed by atoms with Crippen LogP contribution in [0, 0.1) is 5.41 Å². The summed E-state index contributed by atoms with van der Waals surface area (Å²) < 4.78 is 38.4. The first-order chi connectivity index (χ1) is 12.5. The maximum atomic E-state index is 12.8. The van der Waals surface area contributed by atoms with E-state index in [4.69, 9.17) is 0 Å². The Bertz CT molecular complexity index is 817. The zero-order valence-electron chi connectivity index (χ0n) is 15.3. The van der Waals surface area contributed by atoms with Gasteiger partial charge in [0.2, 0.25) is 11.8 Å². The molecule has 0 bridgehead atoms. The summed E-state index contributed by atoms with van der Waals surface area (Å²) in [7, 11) is 1.58. The van der Waals surface area contributed by atoms with Gasteiger partial charge in [-0.25, -0.2) is 0 Å². The Kier molecular flexibility index (Phi) is 5.93. The number of carbonyl (C=O) groups excluding carboxylic acids is 2. The molecule has 2 amide bonds. The van der Waals surface area contributed by atoms with Crippen LogP contribution in [0.1, 0.15) is 25.0 Å². The molecular formula is C20H21F3N2O2. The van der Waals surface area contributed by atoms with Crippen LogP contribution in [0.25, 0.3) is 0 Å². The first-order valence-corrected chi connectivity index (χ1v) is 8.30. The van der Waals surface area contributed by atoms with Crippen LogP contribution < -0.4 is 5.32 Å². The highest BCUT2D eigenvalue weighted by Crippen LogP contribution is 2.31. The molecule has 4 nitrogen and oxygen atoms in total. The topological polar surface area (TPSA) is 49.4 Å². The number of benzene rings is 2. The number of alkyl halides is 3. The molecular weight excluding hydrogens is 357 g/mol. The fourth-order valence-corrected chi connectivity index (χ4v) is 2.56. The van der Waals surface area contributed by atoms with Crippen LogP contribution in [-0.4, -0.2) is 23.8 Å². The van der Waals surface area contributed by atoms with Crippen molar-refractivity contribution in [3.8, 4) is 0 Å². The largest absolute Gasteiger partial charge is 0.416 e. The van der Waals surface area contributed by atoms with E-state index in [1.165, 1.54) is 30.9 Å². The van der Waals surface area contributed by atoms with E-state index < -0.39 is 29.0 Å². The van der Waals surface area contributed by atoms with Crippen LogP contribution in [0.4, 0.5) is 18.9 Å². The van der Waals surface area contributed by atoms with Crippen molar-refractivity contribution in [2.75, 3.05) is 12.4 Å². The van der Waals surface area contributed by atoms with Crippen LogP contribution in [0.2, 0.25) is 0 Å². The van der Waals surface area contributed by atoms with E-state index >= 15 is 0 Å². The van der Waals surface area contributed by atoms with E-state index in [2.05, 4.69) is 5.32 Å². The van der Waals surface area contributed by atoms with Gasteiger partial charge in [0.1, 0.15) is 5.41 Å². The van der Waals surface area contributed by atoms with E-state index in [9.17, 15) is 22.8 Å². The van der Waals surface area contributed by atoms with Gasteiger partial charge in [0, 0.05) is 19.3 Å². The second kappa shape index (κ2) is 7.82. The van der Waals surface area contributed by atoms with E-state index in [0.717, 1.165) is 17.7 Å². The predicted octanol–water partition coefficient (Wildman–Crippen LogP) is 4.33. The van der Waals surface area contributed by atoms with E-state index in [1.54, 1.807) is 7.05 Å². The summed E-state index contributed by atoms with van der Waals surface area (Å²) in [6.45, 7) is 3.21. The second-order valence-electron chi connectivity index (χ2n) is 6.80. The van der Waals surface area contributed by atoms with Crippen LogP contribution >= 0.6 is 0 Å². The van der Waals surface area contributed by atoms with Gasteiger partial charge in [-0.1, -0.05) is 36.4 Å². The van der Waals surface area contributed by atoms with Gasteiger partial charge in [-0.15, -0.1) is 0 Å². The number of hydrogen-bond acceptors (Lipinski definition) is 2. The number of rotatable bonds is 5. The number of nitrogens with zero attached hydrogens (tertiary/aromatic N) is 1. The summed E-state index contributed by atoms with van der Waals surface area (Å²) in [4.78, 5) is 26.7. The van der Waals surface area contributed by atoms with Gasteiger partial charge >= 0.3 is 6.18 Å². The molecule has 0 spiro atoms. The van der Waals surface area contributed by atoms with Crippen molar-refractivity contribution in [3.63, 3.8) is 0 Å². The Balaban J connectivity index is 2.11. The Morgan fingerprint density at radius 2 is 1.63 bits per heavy atom. The Morgan fingerprint density at radius 3 is 2.22 bits per heavy atom. The molecule has 0 aliphatic rings. The van der Waals surface area contributed by atoms with Crippen LogP contribution in [0.15, 0.2) is 54.6 Å². The fourth-order valence-electron chi connectivity index (χ4n) is 2.56. The number of anilines is 1. The minimum absolute atomic E-state index is 0.0126. The third-order valence-electron chi connectivity index (χ3n) is 4.16. The molecule has 144 valence electrons. The van der Waals surface area contributed by atoms with Gasteiger partial charge in [0.15, 0.2) is 0 Å². The summed E-state index contributed by atoms with van der Waals surface area (Å²) in [5.41, 5.74) is -1.42. The van der Waals surface area contributed by atoms with Crippen LogP contribution in [-0.2, 0) is 22.3 Å². The molecule has 1 N–H and O–H groups in total. The molecule has 0 heterocycles. The van der Waals surface area contributed by atoms with E-state index in [1.807, 2.05) is 30.3 Å². The van der Waals surface area contributed by atoms with Gasteiger partial charge in [-0.3, -0.25) is 9.59 Å². The average Bonchev–Trinajstić information content (AvgIpc) is 2.61. The molecule has 0 saturated carbocycles. The second-order valence-corrected chi connectivity index (χ2v) is 6.80. The lowest BCUT2D eigenvalue weighted by Crippen LogP contribution is -2.45. The Labute approximate surface area is 156 Å². The summed E-state index contributed by atoms with van der Waals surface area (Å²) in [5, 5.41) is 2.41. The van der Waals surface area contributed by atoms with E-state index in [-0.39, 0.29) is 5.69 Å². The third kappa shape index (κ3) is 5.09. The molecule has 0 aliphatic heterocycles. The smallest absolute Gasteiger partial charge is 0.341 e. The minimum atomic E-state index is -4.51. The molecule has 0 aliphatic carbocycles. The first kappa shape index (κ1) is 20.5. The first-order valence-electron chi connectivity index (χ1n) is 8.30. The number of nitrogens with one attached hydrogen (secondary N) is 1. The van der Waals surface area contributed by atoms with Gasteiger partial charge < -0.3 is 10.2 Å². The van der Waals surface area contributed by atoms with Gasteiger partial charge in [0.05, 0.1) is 5.56 Å². The van der Waals surface area contributed by atoms with Crippen molar-refractivity contribution in [1.29, 1.82) is 0 Å². The number of hydrogen-bond donors (Lipinski definition) is 1. The van der Waals surface area contributed by atoms with Crippen molar-refractivity contribution < 1.29 is 22.8 Å². The van der Waals surface area contributed by atoms with Crippen molar-refractivity contribution in [3.05, 3.63) is 65.7 Å². The quantitative estimate of drug-likeness (QED) is 0.788. The normalized spacial score (nSPS) is 11.8. The molecule has 0 radical (unpaired) electrons. The lowest BCUT2D eigenvalue weighted by atomic mass is 9.90. The molecule has 0 unspecified atom stereocenters. The minimum Gasteiger partial charge on any atom is -0.341 e. The highest BCUT2D eigenvalue weighted by atomic mass is 19.4. The van der Waals surface area contributed by atoms with Crippen LogP contribution in [0.3, 0.4) is 0 Å². The zero-order chi connectivity index (χ0) is 20.2. The number of halogens is 3. The SMILES string of the molecule is CN(Cc1ccccc1)C(=O)C(C)(C)C(=O)Nc1cccc(C(F)(F)F)c1. The number of carbonyl (C=O) groups is 2. The maximum absolute atomic E-state index is 12.8. The summed E-state index contributed by atoms with van der Waals surface area (Å²) in [6, 6.07) is 13.6. The Hall–Kier alpha value is -2.83. The predicted molar refractivity (Wildman–Crippen MR) is 96.8 cm³/mol. The Morgan fingerprint density at radius 1 is 1.00 bits per heavy atom. The lowest BCUT2D eigenvalue weighted by molar-refractivity contribution is -0.146. The molecule has 0 atom stereocenters. The van der Waals surface area contributed by atoms with Crippen molar-refractivity contribution in [2.45, 2.75) is 26.6 Å². The molecule has 7 heteroatoms. The highest BCUT2D eigenvalue weighted by Gasteiger charge is 2.38. The summed E-state index contributed by atoms with van der Waals surface area (Å²) in [5.74, 6) is -1.11. The third-order valence-corrected chi connectivity index (χ3v) is 4.16. The molecule has 0 fully saturated rings. The van der Waals surface area contributed by atoms with Gasteiger partial charge in [-0.2, -0.15) is 13.2 Å². The summed E-state index contributed by atoms with van der Waals surface area (Å²) >= 11 is 0. The molecule has 27 heavy (non-hydrogen) atoms. The van der Waals surface area contributed by atoms with Crippen molar-refractivity contribution in [1.82, 2.24) is 4.90 Å². The number of amides is 2. The van der Waals surface area contributed by atoms with Crippen LogP contribution in [0.5, 0.6) is 0 Å². The van der Waals surface area contributed by atoms with Gasteiger partial charge in [0.25, 0.3) is 0 Å². The van der Waals surface area contributed by atoms with Crippen molar-refractivity contribution >= 4 is 17.5 Å². The molecule has 0 saturated heterocycles. The fraction of sp³-hybridized carbons (Fsp3) is 0.300. The summed E-state index contributed by atoms with van der Waals surface area (Å²) in [6.07, 6.45) is -4.51. The molecule has 2 rings (SSSR count). The standard InChI is InChI=1S/C20H21F3N2O2/c1-19(2,18(27)25(3)13-14-8-5-4-6-9-14)17(26)24-16-11-7-10-15(12-16)20(21,22)23/h4-12H,13H2,1-3H3,(H,24,26). The monoisotopic (exact) mass is 378 g/mol.